The Morgan fingerprint density at radius 3 is 2.53 bits per heavy atom. The molecular formula is C21H34IN7S. The minimum atomic E-state index is 0. The zero-order chi connectivity index (χ0) is 20.6. The molecule has 0 bridgehead atoms. The van der Waals surface area contributed by atoms with E-state index in [2.05, 4.69) is 70.4 Å². The van der Waals surface area contributed by atoms with Crippen LogP contribution in [-0.2, 0) is 13.0 Å². The number of aliphatic imine (C=N–C) groups is 1. The predicted octanol–water partition coefficient (Wildman–Crippen LogP) is 2.82. The highest BCUT2D eigenvalue weighted by Crippen LogP contribution is 2.16. The number of piperazine rings is 1. The third kappa shape index (κ3) is 7.35. The molecule has 0 amide bonds. The Morgan fingerprint density at radius 2 is 1.93 bits per heavy atom. The van der Waals surface area contributed by atoms with E-state index in [1.807, 2.05) is 6.20 Å². The van der Waals surface area contributed by atoms with Crippen molar-refractivity contribution in [2.45, 2.75) is 33.7 Å². The first-order chi connectivity index (χ1) is 14.0. The first-order valence-electron chi connectivity index (χ1n) is 10.4. The Morgan fingerprint density at radius 1 is 1.17 bits per heavy atom. The van der Waals surface area contributed by atoms with E-state index >= 15 is 0 Å². The van der Waals surface area contributed by atoms with Crippen LogP contribution in [0.2, 0.25) is 0 Å². The molecule has 0 atom stereocenters. The molecule has 0 spiro atoms. The van der Waals surface area contributed by atoms with Crippen LogP contribution in [0.3, 0.4) is 0 Å². The van der Waals surface area contributed by atoms with Gasteiger partial charge in [0, 0.05) is 56.8 Å². The van der Waals surface area contributed by atoms with Gasteiger partial charge in [0.05, 0.1) is 17.2 Å². The van der Waals surface area contributed by atoms with Gasteiger partial charge in [-0.15, -0.1) is 35.3 Å². The molecule has 0 aliphatic carbocycles. The zero-order valence-corrected chi connectivity index (χ0v) is 21.6. The second-order valence-electron chi connectivity index (χ2n) is 7.44. The number of hydrogen-bond acceptors (Lipinski definition) is 6. The van der Waals surface area contributed by atoms with Gasteiger partial charge in [-0.05, 0) is 39.4 Å². The molecule has 2 aromatic rings. The summed E-state index contributed by atoms with van der Waals surface area (Å²) in [5, 5.41) is 7.89. The monoisotopic (exact) mass is 543 g/mol. The SMILES string of the molecule is CCNC(=NCc1ccc(N2CCN(C)CC2)nc1)NCCc1nc(C)c(C)s1.I. The molecule has 7 nitrogen and oxygen atoms in total. The molecule has 2 aromatic heterocycles. The van der Waals surface area contributed by atoms with E-state index in [-0.39, 0.29) is 24.0 Å². The maximum Gasteiger partial charge on any atom is 0.191 e. The van der Waals surface area contributed by atoms with E-state index in [1.165, 1.54) is 9.88 Å². The summed E-state index contributed by atoms with van der Waals surface area (Å²) in [5.41, 5.74) is 2.25. The molecule has 1 aliphatic heterocycles. The largest absolute Gasteiger partial charge is 0.357 e. The maximum absolute atomic E-state index is 4.71. The highest BCUT2D eigenvalue weighted by Gasteiger charge is 2.14. The third-order valence-corrected chi connectivity index (χ3v) is 6.24. The van der Waals surface area contributed by atoms with Crippen LogP contribution in [0.25, 0.3) is 0 Å². The number of anilines is 1. The molecule has 1 saturated heterocycles. The fraction of sp³-hybridized carbons (Fsp3) is 0.571. The zero-order valence-electron chi connectivity index (χ0n) is 18.4. The van der Waals surface area contributed by atoms with Gasteiger partial charge in [0.1, 0.15) is 5.82 Å². The lowest BCUT2D eigenvalue weighted by atomic mass is 10.2. The lowest BCUT2D eigenvalue weighted by molar-refractivity contribution is 0.312. The average molecular weight is 544 g/mol. The normalized spacial score (nSPS) is 15.1. The number of aromatic nitrogens is 2. The van der Waals surface area contributed by atoms with Crippen molar-refractivity contribution in [3.63, 3.8) is 0 Å². The second kappa shape index (κ2) is 12.4. The number of hydrogen-bond donors (Lipinski definition) is 2. The molecule has 0 radical (unpaired) electrons. The Bertz CT molecular complexity index is 779. The van der Waals surface area contributed by atoms with Crippen molar-refractivity contribution >= 4 is 47.1 Å². The number of pyridine rings is 1. The van der Waals surface area contributed by atoms with E-state index in [4.69, 9.17) is 4.99 Å². The van der Waals surface area contributed by atoms with Gasteiger partial charge in [-0.2, -0.15) is 0 Å². The maximum atomic E-state index is 4.71. The molecule has 166 valence electrons. The quantitative estimate of drug-likeness (QED) is 0.318. The second-order valence-corrected chi connectivity index (χ2v) is 8.72. The number of thiazole rings is 1. The van der Waals surface area contributed by atoms with Gasteiger partial charge < -0.3 is 20.4 Å². The number of nitrogens with zero attached hydrogens (tertiary/aromatic N) is 5. The van der Waals surface area contributed by atoms with Crippen molar-refractivity contribution in [1.29, 1.82) is 0 Å². The van der Waals surface area contributed by atoms with Crippen molar-refractivity contribution in [3.05, 3.63) is 39.5 Å². The van der Waals surface area contributed by atoms with Crippen LogP contribution in [-0.4, -0.2) is 67.1 Å². The molecule has 30 heavy (non-hydrogen) atoms. The Balaban J connectivity index is 0.00000320. The number of halogens is 1. The van der Waals surface area contributed by atoms with Crippen LogP contribution in [0.15, 0.2) is 23.3 Å². The standard InChI is InChI=1S/C21H33N7S.HI/c1-5-22-21(23-9-8-20-26-16(2)17(3)29-20)25-15-18-6-7-19(24-14-18)28-12-10-27(4)11-13-28;/h6-7,14H,5,8-13,15H2,1-4H3,(H2,22,23,25);1H. The van der Waals surface area contributed by atoms with Gasteiger partial charge in [0.2, 0.25) is 0 Å². The lowest BCUT2D eigenvalue weighted by Crippen LogP contribution is -2.44. The summed E-state index contributed by atoms with van der Waals surface area (Å²) < 4.78 is 0. The van der Waals surface area contributed by atoms with Crippen LogP contribution in [0.5, 0.6) is 0 Å². The number of rotatable bonds is 7. The Hall–Kier alpha value is -1.46. The Labute approximate surface area is 201 Å². The molecular weight excluding hydrogens is 509 g/mol. The average Bonchev–Trinajstić information content (AvgIpc) is 3.04. The summed E-state index contributed by atoms with van der Waals surface area (Å²) in [5.74, 6) is 1.89. The predicted molar refractivity (Wildman–Crippen MR) is 137 cm³/mol. The highest BCUT2D eigenvalue weighted by molar-refractivity contribution is 14.0. The summed E-state index contributed by atoms with van der Waals surface area (Å²) in [7, 11) is 2.17. The van der Waals surface area contributed by atoms with Gasteiger partial charge in [0.25, 0.3) is 0 Å². The van der Waals surface area contributed by atoms with Gasteiger partial charge in [0.15, 0.2) is 5.96 Å². The van der Waals surface area contributed by atoms with E-state index in [0.717, 1.165) is 68.7 Å². The van der Waals surface area contributed by atoms with Crippen molar-refractivity contribution < 1.29 is 0 Å². The number of nitrogens with one attached hydrogen (secondary N) is 2. The minimum Gasteiger partial charge on any atom is -0.357 e. The molecule has 0 saturated carbocycles. The van der Waals surface area contributed by atoms with Gasteiger partial charge in [-0.3, -0.25) is 0 Å². The molecule has 9 heteroatoms. The van der Waals surface area contributed by atoms with Crippen molar-refractivity contribution in [3.8, 4) is 0 Å². The number of likely N-dealkylation sites (N-methyl/N-ethyl adjacent to an activating group) is 1. The first-order valence-corrected chi connectivity index (χ1v) is 11.2. The van der Waals surface area contributed by atoms with E-state index in [9.17, 15) is 0 Å². The summed E-state index contributed by atoms with van der Waals surface area (Å²) in [6, 6.07) is 4.25. The molecule has 1 aliphatic rings. The molecule has 2 N–H and O–H groups in total. The smallest absolute Gasteiger partial charge is 0.191 e. The van der Waals surface area contributed by atoms with Crippen LogP contribution in [0.4, 0.5) is 5.82 Å². The highest BCUT2D eigenvalue weighted by atomic mass is 127. The first kappa shape index (κ1) is 24.8. The van der Waals surface area contributed by atoms with Crippen LogP contribution in [0, 0.1) is 13.8 Å². The molecule has 0 aromatic carbocycles. The van der Waals surface area contributed by atoms with Crippen LogP contribution >= 0.6 is 35.3 Å². The van der Waals surface area contributed by atoms with E-state index < -0.39 is 0 Å². The van der Waals surface area contributed by atoms with Crippen LogP contribution < -0.4 is 15.5 Å². The topological polar surface area (TPSA) is 68.7 Å². The lowest BCUT2D eigenvalue weighted by Gasteiger charge is -2.33. The van der Waals surface area contributed by atoms with Crippen molar-refractivity contribution in [2.24, 2.45) is 4.99 Å². The molecule has 0 unspecified atom stereocenters. The van der Waals surface area contributed by atoms with Gasteiger partial charge >= 0.3 is 0 Å². The van der Waals surface area contributed by atoms with Crippen LogP contribution in [0.1, 0.15) is 28.1 Å². The van der Waals surface area contributed by atoms with Crippen molar-refractivity contribution in [2.75, 3.05) is 51.2 Å². The van der Waals surface area contributed by atoms with Crippen molar-refractivity contribution in [1.82, 2.24) is 25.5 Å². The molecule has 1 fully saturated rings. The summed E-state index contributed by atoms with van der Waals surface area (Å²) in [6.07, 6.45) is 2.85. The summed E-state index contributed by atoms with van der Waals surface area (Å²) in [6.45, 7) is 12.8. The molecule has 3 rings (SSSR count). The van der Waals surface area contributed by atoms with E-state index in [1.54, 1.807) is 11.3 Å². The summed E-state index contributed by atoms with van der Waals surface area (Å²) in [4.78, 5) is 20.0. The third-order valence-electron chi connectivity index (χ3n) is 5.10. The summed E-state index contributed by atoms with van der Waals surface area (Å²) >= 11 is 1.78. The number of guanidine groups is 1. The Kier molecular flexibility index (Phi) is 10.3. The van der Waals surface area contributed by atoms with E-state index in [0.29, 0.717) is 6.54 Å². The minimum absolute atomic E-state index is 0. The van der Waals surface area contributed by atoms with Gasteiger partial charge in [-0.1, -0.05) is 6.07 Å². The fourth-order valence-electron chi connectivity index (χ4n) is 3.18. The fourth-order valence-corrected chi connectivity index (χ4v) is 4.11. The van der Waals surface area contributed by atoms with Gasteiger partial charge in [-0.25, -0.2) is 15.0 Å². The number of aryl methyl sites for hydroxylation is 2. The molecule has 3 heterocycles.